The molecule has 11 heteroatoms. The number of hydrogen-bond acceptors (Lipinski definition) is 7. The zero-order valence-electron chi connectivity index (χ0n) is 26.6. The predicted octanol–water partition coefficient (Wildman–Crippen LogP) is 5.21. The summed E-state index contributed by atoms with van der Waals surface area (Å²) in [6, 6.07) is 6.96. The Kier molecular flexibility index (Phi) is 9.46. The van der Waals surface area contributed by atoms with Crippen LogP contribution in [-0.4, -0.2) is 84.0 Å². The Hall–Kier alpha value is -3.31. The number of sulfone groups is 1. The van der Waals surface area contributed by atoms with E-state index in [1.807, 2.05) is 26.8 Å². The van der Waals surface area contributed by atoms with Gasteiger partial charge in [0.15, 0.2) is 9.84 Å². The smallest absolute Gasteiger partial charge is 0.410 e. The third kappa shape index (κ3) is 7.48. The zero-order valence-corrected chi connectivity index (χ0v) is 27.4. The van der Waals surface area contributed by atoms with E-state index in [0.29, 0.717) is 35.8 Å². The molecular weight excluding hydrogens is 580 g/mol. The number of amides is 1. The molecule has 240 valence electrons. The number of rotatable bonds is 11. The van der Waals surface area contributed by atoms with Crippen LogP contribution >= 0.6 is 0 Å². The number of aromatic nitrogens is 2. The molecule has 1 aliphatic carbocycles. The molecule has 44 heavy (non-hydrogen) atoms. The van der Waals surface area contributed by atoms with Crippen molar-refractivity contribution in [3.05, 3.63) is 47.0 Å². The first-order chi connectivity index (χ1) is 20.9. The number of ether oxygens (including phenoxy) is 2. The third-order valence-corrected chi connectivity index (χ3v) is 10.3. The topological polar surface area (TPSA) is 114 Å². The number of unbranched alkanes of at least 4 members (excludes halogenated alkanes) is 1. The van der Waals surface area contributed by atoms with E-state index in [1.54, 1.807) is 49.5 Å². The highest BCUT2D eigenvalue weighted by Crippen LogP contribution is 2.41. The van der Waals surface area contributed by atoms with Crippen molar-refractivity contribution in [1.29, 1.82) is 0 Å². The fourth-order valence-corrected chi connectivity index (χ4v) is 6.76. The number of benzene rings is 1. The lowest BCUT2D eigenvalue weighted by molar-refractivity contribution is 0.0143. The van der Waals surface area contributed by atoms with E-state index in [2.05, 4.69) is 9.88 Å². The molecule has 1 N–H and O–H groups in total. The van der Waals surface area contributed by atoms with Crippen molar-refractivity contribution in [2.75, 3.05) is 38.5 Å². The zero-order chi connectivity index (χ0) is 31.6. The number of aromatic amines is 1. The summed E-state index contributed by atoms with van der Waals surface area (Å²) in [5.74, 6) is 1.11. The minimum Gasteiger partial charge on any atom is -0.489 e. The van der Waals surface area contributed by atoms with Crippen molar-refractivity contribution in [1.82, 2.24) is 19.4 Å². The number of H-pyrrole nitrogens is 1. The molecule has 1 amide bonds. The minimum absolute atomic E-state index is 0.000235. The Morgan fingerprint density at radius 2 is 1.80 bits per heavy atom. The molecule has 0 radical (unpaired) electrons. The summed E-state index contributed by atoms with van der Waals surface area (Å²) in [6.45, 7) is 11.3. The van der Waals surface area contributed by atoms with Crippen LogP contribution in [0.3, 0.4) is 0 Å². The molecule has 2 aromatic heterocycles. The number of carbonyl (C=O) groups is 1. The van der Waals surface area contributed by atoms with Gasteiger partial charge in [-0.2, -0.15) is 0 Å². The maximum absolute atomic E-state index is 12.9. The van der Waals surface area contributed by atoms with Crippen LogP contribution in [0.1, 0.15) is 59.8 Å². The van der Waals surface area contributed by atoms with Gasteiger partial charge in [-0.1, -0.05) is 6.92 Å². The van der Waals surface area contributed by atoms with Gasteiger partial charge in [0.25, 0.3) is 5.56 Å². The van der Waals surface area contributed by atoms with Crippen LogP contribution in [0.5, 0.6) is 5.75 Å². The monoisotopic (exact) mass is 626 g/mol. The van der Waals surface area contributed by atoms with E-state index in [4.69, 9.17) is 9.47 Å². The summed E-state index contributed by atoms with van der Waals surface area (Å²) in [6.07, 6.45) is 8.47. The number of carbonyl (C=O) groups excluding carboxylic acids is 1. The molecule has 1 saturated heterocycles. The van der Waals surface area contributed by atoms with Crippen molar-refractivity contribution >= 4 is 26.8 Å². The predicted molar refractivity (Wildman–Crippen MR) is 172 cm³/mol. The summed E-state index contributed by atoms with van der Waals surface area (Å²) in [7, 11) is -1.75. The number of piperazine rings is 1. The van der Waals surface area contributed by atoms with Crippen LogP contribution in [0.2, 0.25) is 0 Å². The number of pyridine rings is 1. The van der Waals surface area contributed by atoms with Gasteiger partial charge in [-0.25, -0.2) is 13.2 Å². The Morgan fingerprint density at radius 1 is 1.07 bits per heavy atom. The fourth-order valence-electron chi connectivity index (χ4n) is 5.85. The molecule has 5 rings (SSSR count). The lowest BCUT2D eigenvalue weighted by atomic mass is 10.0. The average molecular weight is 627 g/mol. The van der Waals surface area contributed by atoms with Gasteiger partial charge in [-0.15, -0.1) is 0 Å². The molecule has 2 aliphatic rings. The van der Waals surface area contributed by atoms with Gasteiger partial charge in [-0.3, -0.25) is 9.69 Å². The maximum atomic E-state index is 12.9. The van der Waals surface area contributed by atoms with Crippen molar-refractivity contribution in [3.8, 4) is 16.9 Å². The standard InChI is InChI=1S/C33H46N4O6S/c1-6-44(40,41)24-12-13-29(26(21-24)27-22-35(5)31(38)30-25(27)14-15-34-30)42-28(23-10-11-23)9-7-8-16-36-17-19-37(20-18-36)32(39)43-33(2,3)4/h12-15,21-23,28,34H,6-11,16-20H2,1-5H3. The second-order valence-corrected chi connectivity index (χ2v) is 15.4. The van der Waals surface area contributed by atoms with Crippen molar-refractivity contribution in [3.63, 3.8) is 0 Å². The maximum Gasteiger partial charge on any atom is 0.410 e. The Balaban J connectivity index is 1.26. The van der Waals surface area contributed by atoms with E-state index in [-0.39, 0.29) is 28.4 Å². The van der Waals surface area contributed by atoms with Gasteiger partial charge in [0, 0.05) is 62.1 Å². The SMILES string of the molecule is CCS(=O)(=O)c1ccc(OC(CCCCN2CCN(C(=O)OC(C)(C)C)CC2)C2CC2)c(-c2cn(C)c(=O)c3[nH]ccc23)c1. The highest BCUT2D eigenvalue weighted by molar-refractivity contribution is 7.91. The summed E-state index contributed by atoms with van der Waals surface area (Å²) >= 11 is 0. The average Bonchev–Trinajstić information content (AvgIpc) is 3.71. The minimum atomic E-state index is -3.45. The normalized spacial score (nSPS) is 17.2. The van der Waals surface area contributed by atoms with Crippen LogP contribution in [0, 0.1) is 5.92 Å². The van der Waals surface area contributed by atoms with Gasteiger partial charge < -0.3 is 23.9 Å². The molecule has 1 unspecified atom stereocenters. The summed E-state index contributed by atoms with van der Waals surface area (Å²) in [5.41, 5.74) is 1.28. The largest absolute Gasteiger partial charge is 0.489 e. The molecular formula is C33H46N4O6S. The molecule has 2 fully saturated rings. The first-order valence-corrected chi connectivity index (χ1v) is 17.4. The summed E-state index contributed by atoms with van der Waals surface area (Å²) in [5, 5.41) is 0.735. The summed E-state index contributed by atoms with van der Waals surface area (Å²) in [4.78, 5) is 32.6. The van der Waals surface area contributed by atoms with Gasteiger partial charge in [0.05, 0.1) is 10.6 Å². The molecule has 0 spiro atoms. The second-order valence-electron chi connectivity index (χ2n) is 13.1. The van der Waals surface area contributed by atoms with Crippen molar-refractivity contribution in [2.45, 2.75) is 76.4 Å². The molecule has 3 aromatic rings. The molecule has 1 saturated carbocycles. The van der Waals surface area contributed by atoms with E-state index in [1.165, 1.54) is 4.57 Å². The van der Waals surface area contributed by atoms with Crippen LogP contribution in [0.15, 0.2) is 46.3 Å². The van der Waals surface area contributed by atoms with Gasteiger partial charge >= 0.3 is 6.09 Å². The van der Waals surface area contributed by atoms with E-state index < -0.39 is 15.4 Å². The first kappa shape index (κ1) is 32.1. The second kappa shape index (κ2) is 13.0. The Morgan fingerprint density at radius 3 is 2.45 bits per heavy atom. The van der Waals surface area contributed by atoms with Crippen LogP contribution < -0.4 is 10.3 Å². The lowest BCUT2D eigenvalue weighted by Crippen LogP contribution is -2.50. The first-order valence-electron chi connectivity index (χ1n) is 15.8. The highest BCUT2D eigenvalue weighted by atomic mass is 32.2. The summed E-state index contributed by atoms with van der Waals surface area (Å²) < 4.78 is 39.5. The van der Waals surface area contributed by atoms with Gasteiger partial charge in [0.2, 0.25) is 0 Å². The highest BCUT2D eigenvalue weighted by Gasteiger charge is 2.33. The number of aryl methyl sites for hydroxylation is 1. The third-order valence-electron chi connectivity index (χ3n) is 8.54. The van der Waals surface area contributed by atoms with Gasteiger partial charge in [-0.05, 0) is 89.6 Å². The van der Waals surface area contributed by atoms with E-state index >= 15 is 0 Å². The number of nitrogens with zero attached hydrogens (tertiary/aromatic N) is 3. The molecule has 0 bridgehead atoms. The lowest BCUT2D eigenvalue weighted by Gasteiger charge is -2.35. The van der Waals surface area contributed by atoms with Crippen molar-refractivity contribution < 1.29 is 22.7 Å². The Labute approximate surface area is 260 Å². The molecule has 1 atom stereocenters. The molecule has 1 aliphatic heterocycles. The molecule has 10 nitrogen and oxygen atoms in total. The molecule has 1 aromatic carbocycles. The number of hydrogen-bond donors (Lipinski definition) is 1. The van der Waals surface area contributed by atoms with Gasteiger partial charge in [0.1, 0.15) is 23.0 Å². The Bertz CT molecular complexity index is 1640. The van der Waals surface area contributed by atoms with E-state index in [9.17, 15) is 18.0 Å². The molecule has 3 heterocycles. The fraction of sp³-hybridized carbons (Fsp3) is 0.576. The quantitative estimate of drug-likeness (QED) is 0.291. The van der Waals surface area contributed by atoms with Crippen LogP contribution in [-0.2, 0) is 21.6 Å². The van der Waals surface area contributed by atoms with Crippen LogP contribution in [0.4, 0.5) is 4.79 Å². The van der Waals surface area contributed by atoms with Crippen molar-refractivity contribution in [2.24, 2.45) is 13.0 Å². The number of nitrogens with one attached hydrogen (secondary N) is 1. The number of fused-ring (bicyclic) bond motifs is 1. The van der Waals surface area contributed by atoms with Crippen LogP contribution in [0.25, 0.3) is 22.0 Å². The van der Waals surface area contributed by atoms with E-state index in [0.717, 1.165) is 62.7 Å².